The number of nitrogens with one attached hydrogen (secondary N) is 4. The van der Waals surface area contributed by atoms with Crippen LogP contribution in [0.15, 0.2) is 35.5 Å². The van der Waals surface area contributed by atoms with Gasteiger partial charge < -0.3 is 43.2 Å². The van der Waals surface area contributed by atoms with Gasteiger partial charge in [-0.2, -0.15) is 12.6 Å². The molecule has 202 valence electrons. The number of nitrogens with zero attached hydrogens (tertiary/aromatic N) is 1. The highest BCUT2D eigenvalue weighted by Gasteiger charge is 2.28. The van der Waals surface area contributed by atoms with Gasteiger partial charge in [0.05, 0.1) is 6.04 Å². The van der Waals surface area contributed by atoms with Gasteiger partial charge in [-0.05, 0) is 37.8 Å². The molecule has 11 N–H and O–H groups in total. The Morgan fingerprint density at radius 3 is 2.38 bits per heavy atom. The van der Waals surface area contributed by atoms with E-state index in [1.54, 1.807) is 6.20 Å². The molecule has 0 saturated heterocycles. The highest BCUT2D eigenvalue weighted by atomic mass is 32.1. The summed E-state index contributed by atoms with van der Waals surface area (Å²) in [7, 11) is 0. The molecule has 0 saturated carbocycles. The fourth-order valence-corrected chi connectivity index (χ4v) is 3.79. The van der Waals surface area contributed by atoms with Crippen LogP contribution in [-0.2, 0) is 25.6 Å². The third kappa shape index (κ3) is 8.99. The fraction of sp³-hybridized carbons (Fsp3) is 0.435. The van der Waals surface area contributed by atoms with Gasteiger partial charge in [0, 0.05) is 29.4 Å². The van der Waals surface area contributed by atoms with E-state index in [0.29, 0.717) is 6.42 Å². The highest BCUT2D eigenvalue weighted by molar-refractivity contribution is 7.80. The molecule has 1 aromatic heterocycles. The number of aromatic amines is 1. The molecule has 2 aromatic rings. The number of fused-ring (bicyclic) bond motifs is 1. The molecule has 13 nitrogen and oxygen atoms in total. The summed E-state index contributed by atoms with van der Waals surface area (Å²) in [6.07, 6.45) is 2.54. The van der Waals surface area contributed by atoms with Crippen LogP contribution in [0, 0.1) is 0 Å². The largest absolute Gasteiger partial charge is 0.480 e. The molecule has 0 aliphatic carbocycles. The molecule has 37 heavy (non-hydrogen) atoms. The Morgan fingerprint density at radius 1 is 1.05 bits per heavy atom. The number of carbonyl (C=O) groups excluding carboxylic acids is 3. The molecule has 2 rings (SSSR count). The first kappa shape index (κ1) is 29.5. The predicted octanol–water partition coefficient (Wildman–Crippen LogP) is -1.42. The van der Waals surface area contributed by atoms with E-state index in [0.717, 1.165) is 16.5 Å². The summed E-state index contributed by atoms with van der Waals surface area (Å²) in [5.41, 5.74) is 18.6. The first-order valence-corrected chi connectivity index (χ1v) is 12.3. The quantitative estimate of drug-likeness (QED) is 0.0602. The number of guanidine groups is 1. The molecule has 14 heteroatoms. The lowest BCUT2D eigenvalue weighted by Crippen LogP contribution is -2.56. The van der Waals surface area contributed by atoms with Crippen molar-refractivity contribution in [1.82, 2.24) is 20.9 Å². The van der Waals surface area contributed by atoms with Gasteiger partial charge in [0.25, 0.3) is 0 Å². The molecule has 1 aromatic carbocycles. The minimum atomic E-state index is -1.25. The molecular weight excluding hydrogens is 500 g/mol. The molecule has 0 radical (unpaired) electrons. The van der Waals surface area contributed by atoms with E-state index in [2.05, 4.69) is 38.6 Å². The van der Waals surface area contributed by atoms with Crippen molar-refractivity contribution < 1.29 is 24.3 Å². The smallest absolute Gasteiger partial charge is 0.327 e. The highest BCUT2D eigenvalue weighted by Crippen LogP contribution is 2.18. The SMILES string of the molecule is CC(NC(=O)C(CCCN=C(N)N)NC(=O)C(N)Cc1c[nH]c2ccccc12)C(=O)NC(CS)C(=O)O. The number of benzene rings is 1. The van der Waals surface area contributed by atoms with Crippen molar-refractivity contribution in [3.05, 3.63) is 36.0 Å². The molecule has 4 unspecified atom stereocenters. The van der Waals surface area contributed by atoms with E-state index in [1.165, 1.54) is 6.92 Å². The minimum absolute atomic E-state index is 0.103. The van der Waals surface area contributed by atoms with Gasteiger partial charge in [0.1, 0.15) is 18.1 Å². The third-order valence-corrected chi connectivity index (χ3v) is 5.94. The number of para-hydroxylation sites is 1. The first-order chi connectivity index (χ1) is 17.5. The number of aromatic nitrogens is 1. The summed E-state index contributed by atoms with van der Waals surface area (Å²) in [4.78, 5) is 56.3. The Bertz CT molecular complexity index is 1130. The van der Waals surface area contributed by atoms with Crippen LogP contribution in [0.3, 0.4) is 0 Å². The molecule has 0 fully saturated rings. The number of aliphatic imine (C=N–C) groups is 1. The van der Waals surface area contributed by atoms with Gasteiger partial charge in [-0.3, -0.25) is 19.4 Å². The second-order valence-corrected chi connectivity index (χ2v) is 8.86. The van der Waals surface area contributed by atoms with Crippen molar-refractivity contribution in [2.75, 3.05) is 12.3 Å². The van der Waals surface area contributed by atoms with E-state index in [-0.39, 0.29) is 31.1 Å². The summed E-state index contributed by atoms with van der Waals surface area (Å²) in [5.74, 6) is -3.39. The lowest BCUT2D eigenvalue weighted by molar-refractivity contribution is -0.141. The van der Waals surface area contributed by atoms with E-state index < -0.39 is 47.9 Å². The summed E-state index contributed by atoms with van der Waals surface area (Å²) in [5, 5.41) is 17.5. The number of amides is 3. The molecule has 3 amide bonds. The van der Waals surface area contributed by atoms with E-state index >= 15 is 0 Å². The fourth-order valence-electron chi connectivity index (χ4n) is 3.54. The number of nitrogens with two attached hydrogens (primary N) is 3. The van der Waals surface area contributed by atoms with Gasteiger partial charge in [-0.15, -0.1) is 0 Å². The van der Waals surface area contributed by atoms with E-state index in [4.69, 9.17) is 22.3 Å². The lowest BCUT2D eigenvalue weighted by Gasteiger charge is -2.23. The second kappa shape index (κ2) is 14.1. The molecule has 0 aliphatic heterocycles. The van der Waals surface area contributed by atoms with Crippen LogP contribution in [0.25, 0.3) is 10.9 Å². The summed E-state index contributed by atoms with van der Waals surface area (Å²) in [6.45, 7) is 1.62. The van der Waals surface area contributed by atoms with Crippen LogP contribution in [0.2, 0.25) is 0 Å². The normalized spacial score (nSPS) is 14.1. The molecule has 1 heterocycles. The van der Waals surface area contributed by atoms with Gasteiger partial charge in [0.2, 0.25) is 17.7 Å². The van der Waals surface area contributed by atoms with Crippen LogP contribution in [-0.4, -0.2) is 76.2 Å². The van der Waals surface area contributed by atoms with Crippen LogP contribution >= 0.6 is 12.6 Å². The number of thiol groups is 1. The van der Waals surface area contributed by atoms with Crippen molar-refractivity contribution in [2.45, 2.75) is 50.4 Å². The molecule has 0 spiro atoms. The van der Waals surface area contributed by atoms with Gasteiger partial charge in [-0.1, -0.05) is 18.2 Å². The molecular formula is C23H34N8O5S. The second-order valence-electron chi connectivity index (χ2n) is 8.49. The van der Waals surface area contributed by atoms with Gasteiger partial charge in [-0.25, -0.2) is 4.79 Å². The Kier molecular flexibility index (Phi) is 11.2. The average molecular weight is 535 g/mol. The van der Waals surface area contributed by atoms with Crippen molar-refractivity contribution in [3.63, 3.8) is 0 Å². The number of hydrogen-bond donors (Lipinski definition) is 9. The Labute approximate surface area is 219 Å². The van der Waals surface area contributed by atoms with E-state index in [1.807, 2.05) is 24.3 Å². The van der Waals surface area contributed by atoms with Crippen LogP contribution < -0.4 is 33.2 Å². The summed E-state index contributed by atoms with van der Waals surface area (Å²) >= 11 is 3.90. The zero-order chi connectivity index (χ0) is 27.5. The topological polar surface area (TPSA) is 231 Å². The molecule has 0 bridgehead atoms. The number of hydrogen-bond acceptors (Lipinski definition) is 7. The monoisotopic (exact) mass is 534 g/mol. The van der Waals surface area contributed by atoms with Gasteiger partial charge >= 0.3 is 5.97 Å². The minimum Gasteiger partial charge on any atom is -0.480 e. The standard InChI is InChI=1S/C23H34N8O5S/c1-12(19(32)31-18(11-37)22(35)36)29-21(34)17(7-4-8-27-23(25)26)30-20(33)15(24)9-13-10-28-16-6-3-2-5-14(13)16/h2-3,5-6,10,12,15,17-18,28,37H,4,7-9,11,24H2,1H3,(H,29,34)(H,30,33)(H,31,32)(H,35,36)(H4,25,26,27). The Balaban J connectivity index is 2.05. The number of carbonyl (C=O) groups is 4. The Morgan fingerprint density at radius 2 is 1.73 bits per heavy atom. The van der Waals surface area contributed by atoms with Crippen molar-refractivity contribution >= 4 is 53.2 Å². The first-order valence-electron chi connectivity index (χ1n) is 11.6. The van der Waals surface area contributed by atoms with Crippen LogP contribution in [0.1, 0.15) is 25.3 Å². The van der Waals surface area contributed by atoms with Crippen molar-refractivity contribution in [1.29, 1.82) is 0 Å². The average Bonchev–Trinajstić information content (AvgIpc) is 3.26. The predicted molar refractivity (Wildman–Crippen MR) is 143 cm³/mol. The lowest BCUT2D eigenvalue weighted by atomic mass is 10.0. The van der Waals surface area contributed by atoms with Crippen LogP contribution in [0.4, 0.5) is 0 Å². The van der Waals surface area contributed by atoms with E-state index in [9.17, 15) is 19.2 Å². The van der Waals surface area contributed by atoms with Gasteiger partial charge in [0.15, 0.2) is 5.96 Å². The summed E-state index contributed by atoms with van der Waals surface area (Å²) < 4.78 is 0. The molecule has 4 atom stereocenters. The summed E-state index contributed by atoms with van der Waals surface area (Å²) in [6, 6.07) is 3.33. The maximum Gasteiger partial charge on any atom is 0.327 e. The van der Waals surface area contributed by atoms with Crippen LogP contribution in [0.5, 0.6) is 0 Å². The number of carboxylic acids is 1. The van der Waals surface area contributed by atoms with Crippen molar-refractivity contribution in [3.8, 4) is 0 Å². The van der Waals surface area contributed by atoms with Crippen molar-refractivity contribution in [2.24, 2.45) is 22.2 Å². The number of H-pyrrole nitrogens is 1. The number of carboxylic acid groups (broad SMARTS) is 1. The Hall–Kier alpha value is -3.78. The third-order valence-electron chi connectivity index (χ3n) is 5.58. The number of rotatable bonds is 14. The maximum absolute atomic E-state index is 13.0. The maximum atomic E-state index is 13.0. The zero-order valence-corrected chi connectivity index (χ0v) is 21.3. The molecule has 0 aliphatic rings. The number of aliphatic carboxylic acids is 1. The zero-order valence-electron chi connectivity index (χ0n) is 20.4.